The van der Waals surface area contributed by atoms with Gasteiger partial charge in [0.25, 0.3) is 0 Å². The molecule has 0 aliphatic heterocycles. The van der Waals surface area contributed by atoms with Crippen LogP contribution in [-0.4, -0.2) is 27.4 Å². The van der Waals surface area contributed by atoms with Crippen LogP contribution < -0.4 is 9.46 Å². The molecular weight excluding hydrogens is 306 g/mol. The topological polar surface area (TPSA) is 55.4 Å². The van der Waals surface area contributed by atoms with E-state index in [0.717, 1.165) is 18.2 Å². The summed E-state index contributed by atoms with van der Waals surface area (Å²) in [4.78, 5) is 0.261. The summed E-state index contributed by atoms with van der Waals surface area (Å²) in [5.41, 5.74) is 0. The summed E-state index contributed by atoms with van der Waals surface area (Å²) in [5.74, 6) is 0.642. The minimum Gasteiger partial charge on any atom is -0.497 e. The maximum absolute atomic E-state index is 11.8. The molecule has 0 fully saturated rings. The van der Waals surface area contributed by atoms with E-state index in [0.29, 0.717) is 12.3 Å². The standard InChI is InChI=1S/C11H16BrNO3S/c1-16-10-4-6-11(7-5-10)17(14,15)13-9-3-2-8-12/h4-7,13H,2-3,8-9H2,1H3. The van der Waals surface area contributed by atoms with Gasteiger partial charge < -0.3 is 4.74 Å². The highest BCUT2D eigenvalue weighted by atomic mass is 79.9. The Balaban J connectivity index is 2.62. The number of unbranched alkanes of at least 4 members (excludes halogenated alkanes) is 1. The molecule has 17 heavy (non-hydrogen) atoms. The summed E-state index contributed by atoms with van der Waals surface area (Å²) in [7, 11) is -1.84. The van der Waals surface area contributed by atoms with Crippen LogP contribution in [0.25, 0.3) is 0 Å². The molecular formula is C11H16BrNO3S. The van der Waals surface area contributed by atoms with Crippen LogP contribution in [0.4, 0.5) is 0 Å². The Bertz CT molecular complexity index is 431. The van der Waals surface area contributed by atoms with Crippen LogP contribution in [0, 0.1) is 0 Å². The molecule has 0 atom stereocenters. The fourth-order valence-electron chi connectivity index (χ4n) is 1.26. The third kappa shape index (κ3) is 4.65. The average molecular weight is 322 g/mol. The predicted octanol–water partition coefficient (Wildman–Crippen LogP) is 2.15. The molecule has 0 saturated heterocycles. The van der Waals surface area contributed by atoms with Crippen molar-refractivity contribution in [2.24, 2.45) is 0 Å². The molecule has 0 amide bonds. The van der Waals surface area contributed by atoms with Crippen LogP contribution in [0.1, 0.15) is 12.8 Å². The molecule has 0 aromatic heterocycles. The first-order valence-corrected chi connectivity index (χ1v) is 7.90. The molecule has 96 valence electrons. The van der Waals surface area contributed by atoms with E-state index in [1.807, 2.05) is 0 Å². The van der Waals surface area contributed by atoms with Gasteiger partial charge in [0.1, 0.15) is 5.75 Å². The molecule has 0 radical (unpaired) electrons. The smallest absolute Gasteiger partial charge is 0.240 e. The minimum absolute atomic E-state index is 0.261. The summed E-state index contributed by atoms with van der Waals surface area (Å²) in [5, 5.41) is 0.886. The number of rotatable bonds is 7. The number of halogens is 1. The fourth-order valence-corrected chi connectivity index (χ4v) is 2.73. The molecule has 0 aliphatic carbocycles. The molecule has 0 spiro atoms. The second kappa shape index (κ2) is 6.98. The van der Waals surface area contributed by atoms with Crippen molar-refractivity contribution in [2.75, 3.05) is 19.0 Å². The molecule has 1 N–H and O–H groups in total. The van der Waals surface area contributed by atoms with Crippen LogP contribution in [0.15, 0.2) is 29.2 Å². The van der Waals surface area contributed by atoms with Gasteiger partial charge >= 0.3 is 0 Å². The van der Waals surface area contributed by atoms with Gasteiger partial charge in [0.05, 0.1) is 12.0 Å². The van der Waals surface area contributed by atoms with Crippen molar-refractivity contribution >= 4 is 26.0 Å². The highest BCUT2D eigenvalue weighted by Gasteiger charge is 2.12. The second-order valence-corrected chi connectivity index (χ2v) is 6.03. The number of benzene rings is 1. The number of nitrogens with one attached hydrogen (secondary N) is 1. The van der Waals surface area contributed by atoms with Gasteiger partial charge in [-0.1, -0.05) is 15.9 Å². The number of hydrogen-bond acceptors (Lipinski definition) is 3. The zero-order chi connectivity index (χ0) is 12.7. The number of methoxy groups -OCH3 is 1. The van der Waals surface area contributed by atoms with Crippen molar-refractivity contribution in [2.45, 2.75) is 17.7 Å². The first-order chi connectivity index (χ1) is 8.10. The van der Waals surface area contributed by atoms with Gasteiger partial charge in [-0.3, -0.25) is 0 Å². The first-order valence-electron chi connectivity index (χ1n) is 5.30. The first kappa shape index (κ1) is 14.5. The van der Waals surface area contributed by atoms with Crippen LogP contribution in [0.3, 0.4) is 0 Å². The highest BCUT2D eigenvalue weighted by molar-refractivity contribution is 9.09. The monoisotopic (exact) mass is 321 g/mol. The summed E-state index contributed by atoms with van der Waals surface area (Å²) in [6.45, 7) is 0.458. The fraction of sp³-hybridized carbons (Fsp3) is 0.455. The zero-order valence-electron chi connectivity index (χ0n) is 9.65. The van der Waals surface area contributed by atoms with E-state index in [2.05, 4.69) is 20.7 Å². The molecule has 1 rings (SSSR count). The Morgan fingerprint density at radius 1 is 1.24 bits per heavy atom. The molecule has 1 aromatic carbocycles. The number of sulfonamides is 1. The van der Waals surface area contributed by atoms with E-state index < -0.39 is 10.0 Å². The van der Waals surface area contributed by atoms with Crippen molar-refractivity contribution in [3.8, 4) is 5.75 Å². The van der Waals surface area contributed by atoms with Crippen LogP contribution >= 0.6 is 15.9 Å². The maximum atomic E-state index is 11.8. The minimum atomic E-state index is -3.39. The normalized spacial score (nSPS) is 11.4. The van der Waals surface area contributed by atoms with E-state index >= 15 is 0 Å². The highest BCUT2D eigenvalue weighted by Crippen LogP contribution is 2.15. The van der Waals surface area contributed by atoms with Gasteiger partial charge in [-0.05, 0) is 37.1 Å². The van der Waals surface area contributed by atoms with Crippen LogP contribution in [0.2, 0.25) is 0 Å². The van der Waals surface area contributed by atoms with Gasteiger partial charge in [0, 0.05) is 11.9 Å². The van der Waals surface area contributed by atoms with Crippen molar-refractivity contribution in [3.63, 3.8) is 0 Å². The average Bonchev–Trinajstić information content (AvgIpc) is 2.35. The lowest BCUT2D eigenvalue weighted by Gasteiger charge is -2.07. The Morgan fingerprint density at radius 2 is 1.88 bits per heavy atom. The van der Waals surface area contributed by atoms with Crippen molar-refractivity contribution in [3.05, 3.63) is 24.3 Å². The lowest BCUT2D eigenvalue weighted by molar-refractivity contribution is 0.414. The molecule has 0 bridgehead atoms. The third-order valence-electron chi connectivity index (χ3n) is 2.22. The van der Waals surface area contributed by atoms with Gasteiger partial charge in [-0.25, -0.2) is 13.1 Å². The van der Waals surface area contributed by atoms with Crippen molar-refractivity contribution in [1.82, 2.24) is 4.72 Å². The SMILES string of the molecule is COc1ccc(S(=O)(=O)NCCCCBr)cc1. The number of alkyl halides is 1. The molecule has 1 aromatic rings. The lowest BCUT2D eigenvalue weighted by atomic mass is 10.3. The quantitative estimate of drug-likeness (QED) is 0.618. The largest absolute Gasteiger partial charge is 0.497 e. The van der Waals surface area contributed by atoms with E-state index in [1.54, 1.807) is 19.2 Å². The van der Waals surface area contributed by atoms with E-state index in [1.165, 1.54) is 12.1 Å². The van der Waals surface area contributed by atoms with Gasteiger partial charge in [-0.15, -0.1) is 0 Å². The molecule has 6 heteroatoms. The van der Waals surface area contributed by atoms with E-state index in [-0.39, 0.29) is 4.90 Å². The maximum Gasteiger partial charge on any atom is 0.240 e. The van der Waals surface area contributed by atoms with Crippen LogP contribution in [-0.2, 0) is 10.0 Å². The molecule has 0 unspecified atom stereocenters. The molecule has 0 heterocycles. The van der Waals surface area contributed by atoms with Crippen molar-refractivity contribution in [1.29, 1.82) is 0 Å². The van der Waals surface area contributed by atoms with Gasteiger partial charge in [-0.2, -0.15) is 0 Å². The Hall–Kier alpha value is -0.590. The van der Waals surface area contributed by atoms with E-state index in [4.69, 9.17) is 4.74 Å². The van der Waals surface area contributed by atoms with Crippen LogP contribution in [0.5, 0.6) is 5.75 Å². The third-order valence-corrected chi connectivity index (χ3v) is 4.26. The molecule has 4 nitrogen and oxygen atoms in total. The summed E-state index contributed by atoms with van der Waals surface area (Å²) in [6, 6.07) is 6.33. The number of ether oxygens (including phenoxy) is 1. The van der Waals surface area contributed by atoms with Gasteiger partial charge in [0.2, 0.25) is 10.0 Å². The Kier molecular flexibility index (Phi) is 5.94. The van der Waals surface area contributed by atoms with E-state index in [9.17, 15) is 8.42 Å². The number of hydrogen-bond donors (Lipinski definition) is 1. The Labute approximate surface area is 111 Å². The predicted molar refractivity (Wildman–Crippen MR) is 71.2 cm³/mol. The summed E-state index contributed by atoms with van der Waals surface area (Å²) >= 11 is 3.30. The van der Waals surface area contributed by atoms with Gasteiger partial charge in [0.15, 0.2) is 0 Å². The Morgan fingerprint density at radius 3 is 2.41 bits per heavy atom. The lowest BCUT2D eigenvalue weighted by Crippen LogP contribution is -2.24. The summed E-state index contributed by atoms with van der Waals surface area (Å²) in [6.07, 6.45) is 1.77. The molecule has 0 saturated carbocycles. The van der Waals surface area contributed by atoms with Crippen molar-refractivity contribution < 1.29 is 13.2 Å². The summed E-state index contributed by atoms with van der Waals surface area (Å²) < 4.78 is 31.2. The zero-order valence-corrected chi connectivity index (χ0v) is 12.1. The molecule has 0 aliphatic rings. The second-order valence-electron chi connectivity index (χ2n) is 3.47.